The minimum absolute atomic E-state index is 0.112. The van der Waals surface area contributed by atoms with Gasteiger partial charge in [0, 0.05) is 31.1 Å². The van der Waals surface area contributed by atoms with Crippen molar-refractivity contribution in [2.45, 2.75) is 29.4 Å². The Kier molecular flexibility index (Phi) is 4.27. The zero-order valence-electron chi connectivity index (χ0n) is 13.4. The van der Waals surface area contributed by atoms with Gasteiger partial charge >= 0.3 is 0 Å². The van der Waals surface area contributed by atoms with Crippen LogP contribution in [0.15, 0.2) is 40.7 Å². The topological polar surface area (TPSA) is 71.5 Å². The number of nitrogens with one attached hydrogen (secondary N) is 1. The van der Waals surface area contributed by atoms with Gasteiger partial charge in [0.2, 0.25) is 10.0 Å². The molecule has 2 saturated heterocycles. The normalized spacial score (nSPS) is 27.2. The second-order valence-corrected chi connectivity index (χ2v) is 9.25. The van der Waals surface area contributed by atoms with Crippen molar-refractivity contribution in [3.05, 3.63) is 41.7 Å². The number of hydrogen-bond acceptors (Lipinski definition) is 6. The van der Waals surface area contributed by atoms with E-state index < -0.39 is 21.4 Å². The molecule has 3 heterocycles. The Labute approximate surface area is 149 Å². The molecule has 2 aliphatic rings. The highest BCUT2D eigenvalue weighted by Gasteiger charge is 2.48. The molecule has 2 aromatic rings. The van der Waals surface area contributed by atoms with E-state index in [9.17, 15) is 12.8 Å². The molecular weight excluding hydrogens is 365 g/mol. The molecule has 25 heavy (non-hydrogen) atoms. The maximum Gasteiger partial charge on any atom is 0.243 e. The first-order valence-corrected chi connectivity index (χ1v) is 10.3. The van der Waals surface area contributed by atoms with Gasteiger partial charge in [-0.05, 0) is 30.7 Å². The van der Waals surface area contributed by atoms with Crippen LogP contribution in [0.1, 0.15) is 12.8 Å². The molecule has 1 N–H and O–H groups in total. The molecule has 2 atom stereocenters. The molecule has 1 aromatic carbocycles. The number of ether oxygens (including phenoxy) is 1. The lowest BCUT2D eigenvalue weighted by molar-refractivity contribution is 0.0173. The van der Waals surface area contributed by atoms with Crippen molar-refractivity contribution in [2.75, 3.05) is 25.0 Å². The Morgan fingerprint density at radius 1 is 1.36 bits per heavy atom. The Morgan fingerprint density at radius 3 is 2.88 bits per heavy atom. The molecule has 4 rings (SSSR count). The summed E-state index contributed by atoms with van der Waals surface area (Å²) in [6.07, 6.45) is 3.14. The van der Waals surface area contributed by atoms with Gasteiger partial charge in [0.25, 0.3) is 0 Å². The van der Waals surface area contributed by atoms with E-state index in [0.717, 1.165) is 11.6 Å². The molecule has 134 valence electrons. The lowest BCUT2D eigenvalue weighted by Gasteiger charge is -2.23. The van der Waals surface area contributed by atoms with E-state index in [1.807, 2.05) is 5.38 Å². The summed E-state index contributed by atoms with van der Waals surface area (Å²) in [7, 11) is -3.63. The third-order valence-corrected chi connectivity index (χ3v) is 7.27. The van der Waals surface area contributed by atoms with Crippen molar-refractivity contribution in [1.29, 1.82) is 0 Å². The number of anilines is 1. The Bertz CT molecular complexity index is 842. The second kappa shape index (κ2) is 6.31. The van der Waals surface area contributed by atoms with E-state index in [1.54, 1.807) is 6.20 Å². The Morgan fingerprint density at radius 2 is 2.16 bits per heavy atom. The molecular formula is C16H18FN3O3S2. The minimum atomic E-state index is -3.63. The fourth-order valence-electron chi connectivity index (χ4n) is 3.46. The molecule has 2 aliphatic heterocycles. The number of aromatic nitrogens is 1. The first kappa shape index (κ1) is 16.9. The van der Waals surface area contributed by atoms with Crippen LogP contribution in [0.2, 0.25) is 0 Å². The largest absolute Gasteiger partial charge is 0.371 e. The Balaban J connectivity index is 1.45. The molecule has 0 radical (unpaired) electrons. The highest BCUT2D eigenvalue weighted by atomic mass is 32.2. The zero-order valence-corrected chi connectivity index (χ0v) is 15.0. The van der Waals surface area contributed by atoms with Crippen molar-refractivity contribution >= 4 is 26.5 Å². The van der Waals surface area contributed by atoms with Gasteiger partial charge in [-0.3, -0.25) is 0 Å². The van der Waals surface area contributed by atoms with Gasteiger partial charge in [-0.15, -0.1) is 11.3 Å². The van der Waals surface area contributed by atoms with E-state index >= 15 is 0 Å². The van der Waals surface area contributed by atoms with E-state index in [4.69, 9.17) is 4.74 Å². The zero-order chi connectivity index (χ0) is 17.5. The van der Waals surface area contributed by atoms with Crippen LogP contribution in [0.5, 0.6) is 0 Å². The molecule has 2 fully saturated rings. The van der Waals surface area contributed by atoms with Gasteiger partial charge in [0.05, 0.1) is 23.1 Å². The average Bonchev–Trinajstić information content (AvgIpc) is 3.32. The quantitative estimate of drug-likeness (QED) is 0.877. The van der Waals surface area contributed by atoms with Crippen LogP contribution < -0.4 is 5.32 Å². The number of sulfonamides is 1. The lowest BCUT2D eigenvalue weighted by atomic mass is 9.97. The first-order valence-electron chi connectivity index (χ1n) is 8.03. The smallest absolute Gasteiger partial charge is 0.243 e. The summed E-state index contributed by atoms with van der Waals surface area (Å²) in [6, 6.07) is 5.06. The van der Waals surface area contributed by atoms with Gasteiger partial charge in [-0.1, -0.05) is 0 Å². The fraction of sp³-hybridized carbons (Fsp3) is 0.438. The molecule has 0 bridgehead atoms. The molecule has 1 aromatic heterocycles. The number of hydrogen-bond donors (Lipinski definition) is 1. The van der Waals surface area contributed by atoms with Crippen LogP contribution in [-0.4, -0.2) is 49.0 Å². The predicted octanol–water partition coefficient (Wildman–Crippen LogP) is 2.32. The predicted molar refractivity (Wildman–Crippen MR) is 92.6 cm³/mol. The van der Waals surface area contributed by atoms with Crippen molar-refractivity contribution in [3.8, 4) is 0 Å². The second-order valence-electron chi connectivity index (χ2n) is 6.42. The number of rotatable bonds is 4. The van der Waals surface area contributed by atoms with Crippen molar-refractivity contribution < 1.29 is 17.5 Å². The summed E-state index contributed by atoms with van der Waals surface area (Å²) in [5.41, 5.74) is -0.456. The highest BCUT2D eigenvalue weighted by molar-refractivity contribution is 7.89. The number of benzene rings is 1. The summed E-state index contributed by atoms with van der Waals surface area (Å²) in [4.78, 5) is 4.32. The fourth-order valence-corrected chi connectivity index (χ4v) is 5.58. The van der Waals surface area contributed by atoms with Crippen molar-refractivity contribution in [3.63, 3.8) is 0 Å². The van der Waals surface area contributed by atoms with Gasteiger partial charge < -0.3 is 10.1 Å². The van der Waals surface area contributed by atoms with Crippen LogP contribution in [0.4, 0.5) is 9.52 Å². The molecule has 0 saturated carbocycles. The van der Waals surface area contributed by atoms with Crippen molar-refractivity contribution in [1.82, 2.24) is 9.29 Å². The summed E-state index contributed by atoms with van der Waals surface area (Å²) < 4.78 is 46.0. The summed E-state index contributed by atoms with van der Waals surface area (Å²) >= 11 is 1.53. The third kappa shape index (κ3) is 3.29. The van der Waals surface area contributed by atoms with Gasteiger partial charge in [-0.2, -0.15) is 4.31 Å². The molecule has 0 aliphatic carbocycles. The van der Waals surface area contributed by atoms with E-state index in [2.05, 4.69) is 10.3 Å². The summed E-state index contributed by atoms with van der Waals surface area (Å²) in [5.74, 6) is -0.452. The summed E-state index contributed by atoms with van der Waals surface area (Å²) in [6.45, 7) is 1.26. The SMILES string of the molecule is O=S(=O)(c1ccc(F)cc1)N1CC[C@]2(C[C@@H](Nc3nccs3)CO2)C1. The number of thiazole rings is 1. The third-order valence-electron chi connectivity index (χ3n) is 4.70. The monoisotopic (exact) mass is 383 g/mol. The van der Waals surface area contributed by atoms with Crippen LogP contribution in [-0.2, 0) is 14.8 Å². The first-order chi connectivity index (χ1) is 12.0. The summed E-state index contributed by atoms with van der Waals surface area (Å²) in [5, 5.41) is 6.09. The minimum Gasteiger partial charge on any atom is -0.371 e. The van der Waals surface area contributed by atoms with Crippen LogP contribution in [0, 0.1) is 5.82 Å². The molecule has 0 unspecified atom stereocenters. The van der Waals surface area contributed by atoms with E-state index in [0.29, 0.717) is 26.1 Å². The van der Waals surface area contributed by atoms with E-state index in [-0.39, 0.29) is 10.9 Å². The lowest BCUT2D eigenvalue weighted by Crippen LogP contribution is -2.36. The molecule has 9 heteroatoms. The highest BCUT2D eigenvalue weighted by Crippen LogP contribution is 2.38. The van der Waals surface area contributed by atoms with Crippen LogP contribution in [0.3, 0.4) is 0 Å². The molecule has 6 nitrogen and oxygen atoms in total. The average molecular weight is 383 g/mol. The number of nitrogens with zero attached hydrogens (tertiary/aromatic N) is 2. The maximum atomic E-state index is 13.1. The van der Waals surface area contributed by atoms with Gasteiger partial charge in [0.15, 0.2) is 5.13 Å². The van der Waals surface area contributed by atoms with E-state index in [1.165, 1.54) is 39.9 Å². The van der Waals surface area contributed by atoms with Crippen molar-refractivity contribution in [2.24, 2.45) is 0 Å². The molecule has 0 amide bonds. The standard InChI is InChI=1S/C16H18FN3O3S2/c17-12-1-3-14(4-2-12)25(21,22)20-7-5-16(11-20)9-13(10-23-16)19-15-18-6-8-24-15/h1-4,6,8,13H,5,7,9-11H2,(H,18,19)/t13-,16+/m1/s1. The van der Waals surface area contributed by atoms with Gasteiger partial charge in [-0.25, -0.2) is 17.8 Å². The number of halogens is 1. The van der Waals surface area contributed by atoms with Crippen LogP contribution >= 0.6 is 11.3 Å². The molecule has 1 spiro atoms. The van der Waals surface area contributed by atoms with Gasteiger partial charge in [0.1, 0.15) is 5.82 Å². The Hall–Kier alpha value is -1.55. The van der Waals surface area contributed by atoms with Crippen LogP contribution in [0.25, 0.3) is 0 Å². The maximum absolute atomic E-state index is 13.1.